The second-order valence-electron chi connectivity index (χ2n) is 5.97. The van der Waals surface area contributed by atoms with Crippen LogP contribution >= 0.6 is 24.0 Å². The van der Waals surface area contributed by atoms with Crippen LogP contribution in [0.25, 0.3) is 0 Å². The second kappa shape index (κ2) is 9.77. The quantitative estimate of drug-likeness (QED) is 0.421. The largest absolute Gasteiger partial charge is 0.496 e. The van der Waals surface area contributed by atoms with Crippen molar-refractivity contribution >= 4 is 29.9 Å². The maximum Gasteiger partial charge on any atom is 0.194 e. The Morgan fingerprint density at radius 3 is 2.92 bits per heavy atom. The van der Waals surface area contributed by atoms with E-state index in [2.05, 4.69) is 26.4 Å². The Labute approximate surface area is 171 Å². The Morgan fingerprint density at radius 1 is 1.42 bits per heavy atom. The standard InChI is InChI=1S/C18H25N5O2.HI/c1-19-18(20-10-14-6-4-5-7-16(14)24-3)23-8-9-25-17(13-23)15-11-21-22(2)12-15;/h4-7,11-12,17H,8-10,13H2,1-3H3,(H,19,20);1H. The van der Waals surface area contributed by atoms with Gasteiger partial charge in [0.15, 0.2) is 5.96 Å². The molecule has 1 aliphatic heterocycles. The van der Waals surface area contributed by atoms with E-state index in [4.69, 9.17) is 9.47 Å². The third-order valence-electron chi connectivity index (χ3n) is 4.30. The van der Waals surface area contributed by atoms with E-state index in [1.54, 1.807) is 18.8 Å². The van der Waals surface area contributed by atoms with Crippen molar-refractivity contribution in [2.75, 3.05) is 33.9 Å². The SMILES string of the molecule is CN=C(NCc1ccccc1OC)N1CCOC(c2cnn(C)c2)C1.I. The Hall–Kier alpha value is -1.81. The molecule has 0 bridgehead atoms. The number of methoxy groups -OCH3 is 1. The first-order valence-corrected chi connectivity index (χ1v) is 8.39. The molecule has 1 fully saturated rings. The third-order valence-corrected chi connectivity index (χ3v) is 4.30. The van der Waals surface area contributed by atoms with Gasteiger partial charge < -0.3 is 19.7 Å². The third kappa shape index (κ3) is 4.88. The summed E-state index contributed by atoms with van der Waals surface area (Å²) < 4.78 is 13.1. The predicted octanol–water partition coefficient (Wildman–Crippen LogP) is 2.20. The van der Waals surface area contributed by atoms with E-state index >= 15 is 0 Å². The number of morpholine rings is 1. The summed E-state index contributed by atoms with van der Waals surface area (Å²) in [5.41, 5.74) is 2.19. The van der Waals surface area contributed by atoms with Gasteiger partial charge in [-0.3, -0.25) is 9.67 Å². The topological polar surface area (TPSA) is 63.9 Å². The fraction of sp³-hybridized carbons (Fsp3) is 0.444. The highest BCUT2D eigenvalue weighted by molar-refractivity contribution is 14.0. The number of nitrogens with one attached hydrogen (secondary N) is 1. The number of hydrogen-bond acceptors (Lipinski definition) is 4. The van der Waals surface area contributed by atoms with Crippen LogP contribution in [0.5, 0.6) is 5.75 Å². The molecule has 8 heteroatoms. The maximum atomic E-state index is 5.90. The second-order valence-corrected chi connectivity index (χ2v) is 5.97. The molecule has 1 unspecified atom stereocenters. The lowest BCUT2D eigenvalue weighted by Gasteiger charge is -2.34. The molecule has 0 spiro atoms. The molecule has 0 saturated carbocycles. The highest BCUT2D eigenvalue weighted by Gasteiger charge is 2.25. The molecule has 0 radical (unpaired) electrons. The zero-order valence-corrected chi connectivity index (χ0v) is 17.7. The first kappa shape index (κ1) is 20.5. The summed E-state index contributed by atoms with van der Waals surface area (Å²) in [5.74, 6) is 1.74. The minimum absolute atomic E-state index is 0. The lowest BCUT2D eigenvalue weighted by atomic mass is 10.1. The van der Waals surface area contributed by atoms with E-state index in [1.807, 2.05) is 37.6 Å². The van der Waals surface area contributed by atoms with Gasteiger partial charge in [-0.1, -0.05) is 18.2 Å². The summed E-state index contributed by atoms with van der Waals surface area (Å²) in [6.45, 7) is 2.88. The fourth-order valence-corrected chi connectivity index (χ4v) is 3.01. The number of aliphatic imine (C=N–C) groups is 1. The van der Waals surface area contributed by atoms with Crippen molar-refractivity contribution in [3.8, 4) is 5.75 Å². The highest BCUT2D eigenvalue weighted by atomic mass is 127. The summed E-state index contributed by atoms with van der Waals surface area (Å²) >= 11 is 0. The summed E-state index contributed by atoms with van der Waals surface area (Å²) in [5, 5.41) is 7.66. The minimum atomic E-state index is 0. The van der Waals surface area contributed by atoms with Crippen LogP contribution < -0.4 is 10.1 Å². The van der Waals surface area contributed by atoms with Crippen LogP contribution in [-0.2, 0) is 18.3 Å². The number of aromatic nitrogens is 2. The zero-order valence-electron chi connectivity index (χ0n) is 15.4. The molecule has 1 saturated heterocycles. The molecule has 0 aliphatic carbocycles. The molecule has 1 atom stereocenters. The van der Waals surface area contributed by atoms with Gasteiger partial charge in [0.1, 0.15) is 11.9 Å². The van der Waals surface area contributed by atoms with Crippen LogP contribution in [-0.4, -0.2) is 54.5 Å². The van der Waals surface area contributed by atoms with Gasteiger partial charge in [-0.25, -0.2) is 0 Å². The van der Waals surface area contributed by atoms with Crippen molar-refractivity contribution in [1.29, 1.82) is 0 Å². The number of hydrogen-bond donors (Lipinski definition) is 1. The number of aryl methyl sites for hydroxylation is 1. The van der Waals surface area contributed by atoms with Crippen molar-refractivity contribution in [3.05, 3.63) is 47.8 Å². The Bertz CT molecular complexity index is 734. The van der Waals surface area contributed by atoms with Crippen LogP contribution in [0.3, 0.4) is 0 Å². The molecule has 1 aromatic carbocycles. The molecular weight excluding hydrogens is 445 g/mol. The molecule has 3 rings (SSSR count). The number of nitrogens with zero attached hydrogens (tertiary/aromatic N) is 4. The van der Waals surface area contributed by atoms with Crippen molar-refractivity contribution in [3.63, 3.8) is 0 Å². The number of para-hydroxylation sites is 1. The number of rotatable bonds is 4. The summed E-state index contributed by atoms with van der Waals surface area (Å²) in [4.78, 5) is 6.65. The van der Waals surface area contributed by atoms with Crippen LogP contribution in [0, 0.1) is 0 Å². The zero-order chi connectivity index (χ0) is 17.6. The lowest BCUT2D eigenvalue weighted by molar-refractivity contribution is -0.00805. The smallest absolute Gasteiger partial charge is 0.194 e. The van der Waals surface area contributed by atoms with Gasteiger partial charge in [-0.2, -0.15) is 5.10 Å². The molecule has 1 aromatic heterocycles. The number of ether oxygens (including phenoxy) is 2. The van der Waals surface area contributed by atoms with E-state index in [-0.39, 0.29) is 30.1 Å². The van der Waals surface area contributed by atoms with Crippen molar-refractivity contribution < 1.29 is 9.47 Å². The summed E-state index contributed by atoms with van der Waals surface area (Å²) in [7, 11) is 5.41. The van der Waals surface area contributed by atoms with E-state index < -0.39 is 0 Å². The number of halogens is 1. The van der Waals surface area contributed by atoms with Crippen LogP contribution in [0.1, 0.15) is 17.2 Å². The van der Waals surface area contributed by atoms with E-state index in [1.165, 1.54) is 0 Å². The van der Waals surface area contributed by atoms with Gasteiger partial charge in [-0.05, 0) is 6.07 Å². The van der Waals surface area contributed by atoms with Crippen LogP contribution in [0.2, 0.25) is 0 Å². The lowest BCUT2D eigenvalue weighted by Crippen LogP contribution is -2.47. The highest BCUT2D eigenvalue weighted by Crippen LogP contribution is 2.22. The molecule has 142 valence electrons. The average Bonchev–Trinajstić information content (AvgIpc) is 3.09. The molecule has 1 aliphatic rings. The molecule has 0 amide bonds. The molecule has 26 heavy (non-hydrogen) atoms. The normalized spacial score (nSPS) is 17.6. The van der Waals surface area contributed by atoms with Crippen molar-refractivity contribution in [1.82, 2.24) is 20.0 Å². The van der Waals surface area contributed by atoms with Crippen LogP contribution in [0.4, 0.5) is 0 Å². The Morgan fingerprint density at radius 2 is 2.23 bits per heavy atom. The molecule has 1 N–H and O–H groups in total. The van der Waals surface area contributed by atoms with Gasteiger partial charge in [0.2, 0.25) is 0 Å². The molecule has 7 nitrogen and oxygen atoms in total. The summed E-state index contributed by atoms with van der Waals surface area (Å²) in [6, 6.07) is 8.00. The summed E-state index contributed by atoms with van der Waals surface area (Å²) in [6.07, 6.45) is 3.87. The van der Waals surface area contributed by atoms with Gasteiger partial charge in [0, 0.05) is 44.5 Å². The fourth-order valence-electron chi connectivity index (χ4n) is 3.01. The van der Waals surface area contributed by atoms with Crippen molar-refractivity contribution in [2.24, 2.45) is 12.0 Å². The van der Waals surface area contributed by atoms with E-state index in [0.717, 1.165) is 35.9 Å². The van der Waals surface area contributed by atoms with Gasteiger partial charge >= 0.3 is 0 Å². The minimum Gasteiger partial charge on any atom is -0.496 e. The molecule has 2 aromatic rings. The predicted molar refractivity (Wildman–Crippen MR) is 112 cm³/mol. The van der Waals surface area contributed by atoms with Gasteiger partial charge in [-0.15, -0.1) is 24.0 Å². The number of benzene rings is 1. The van der Waals surface area contributed by atoms with Gasteiger partial charge in [0.25, 0.3) is 0 Å². The number of guanidine groups is 1. The van der Waals surface area contributed by atoms with E-state index in [0.29, 0.717) is 13.2 Å². The monoisotopic (exact) mass is 471 g/mol. The maximum absolute atomic E-state index is 5.90. The van der Waals surface area contributed by atoms with Gasteiger partial charge in [0.05, 0.1) is 26.5 Å². The first-order chi connectivity index (χ1) is 12.2. The Balaban J connectivity index is 0.00000243. The average molecular weight is 471 g/mol. The molecular formula is C18H26IN5O2. The first-order valence-electron chi connectivity index (χ1n) is 8.39. The van der Waals surface area contributed by atoms with Crippen LogP contribution in [0.15, 0.2) is 41.7 Å². The van der Waals surface area contributed by atoms with E-state index in [9.17, 15) is 0 Å². The van der Waals surface area contributed by atoms with Crippen molar-refractivity contribution in [2.45, 2.75) is 12.6 Å². The Kier molecular flexibility index (Phi) is 7.70. The molecule has 2 heterocycles.